The predicted molar refractivity (Wildman–Crippen MR) is 88.0 cm³/mol. The summed E-state index contributed by atoms with van der Waals surface area (Å²) in [5.41, 5.74) is 1.33. The Kier molecular flexibility index (Phi) is 4.46. The van der Waals surface area contributed by atoms with Crippen LogP contribution in [-0.4, -0.2) is 48.7 Å². The number of fused-ring (bicyclic) bond motifs is 1. The second-order valence-electron chi connectivity index (χ2n) is 6.42. The molecule has 1 aromatic rings. The van der Waals surface area contributed by atoms with Gasteiger partial charge in [0.05, 0.1) is 18.6 Å². The van der Waals surface area contributed by atoms with Gasteiger partial charge in [-0.2, -0.15) is 0 Å². The first-order valence-corrected chi connectivity index (χ1v) is 8.02. The number of rotatable bonds is 3. The van der Waals surface area contributed by atoms with E-state index < -0.39 is 11.9 Å². The fourth-order valence-corrected chi connectivity index (χ4v) is 3.36. The number of carboxylic acid groups (broad SMARTS) is 1. The number of likely N-dealkylation sites (tertiary alicyclic amines) is 1. The molecule has 1 saturated heterocycles. The van der Waals surface area contributed by atoms with Gasteiger partial charge < -0.3 is 19.5 Å². The number of benzene rings is 1. The first-order valence-electron chi connectivity index (χ1n) is 8.02. The molecule has 0 saturated carbocycles. The summed E-state index contributed by atoms with van der Waals surface area (Å²) in [6.07, 6.45) is 2.41. The van der Waals surface area contributed by atoms with Crippen molar-refractivity contribution < 1.29 is 24.2 Å². The van der Waals surface area contributed by atoms with E-state index in [1.165, 1.54) is 0 Å². The van der Waals surface area contributed by atoms with E-state index >= 15 is 0 Å². The summed E-state index contributed by atoms with van der Waals surface area (Å²) in [4.78, 5) is 25.7. The Labute approximate surface area is 140 Å². The Balaban J connectivity index is 1.82. The Morgan fingerprint density at radius 3 is 2.83 bits per heavy atom. The maximum absolute atomic E-state index is 12.8. The lowest BCUT2D eigenvalue weighted by atomic mass is 9.90. The van der Waals surface area contributed by atoms with E-state index in [2.05, 4.69) is 0 Å². The zero-order chi connectivity index (χ0) is 17.3. The number of carboxylic acids is 1. The molecule has 2 heterocycles. The highest BCUT2D eigenvalue weighted by Gasteiger charge is 2.33. The maximum Gasteiger partial charge on any atom is 0.308 e. The lowest BCUT2D eigenvalue weighted by Crippen LogP contribution is -2.46. The van der Waals surface area contributed by atoms with Gasteiger partial charge in [0, 0.05) is 18.7 Å². The van der Waals surface area contributed by atoms with Gasteiger partial charge in [-0.3, -0.25) is 9.59 Å². The smallest absolute Gasteiger partial charge is 0.308 e. The number of amides is 1. The Morgan fingerprint density at radius 2 is 2.12 bits per heavy atom. The van der Waals surface area contributed by atoms with E-state index in [-0.39, 0.29) is 25.0 Å². The highest BCUT2D eigenvalue weighted by atomic mass is 16.5. The van der Waals surface area contributed by atoms with Gasteiger partial charge in [0.2, 0.25) is 0 Å². The summed E-state index contributed by atoms with van der Waals surface area (Å²) < 4.78 is 11.0. The van der Waals surface area contributed by atoms with Crippen LogP contribution in [0.15, 0.2) is 23.8 Å². The van der Waals surface area contributed by atoms with Crippen LogP contribution in [0.3, 0.4) is 0 Å². The standard InChI is InChI=1S/C18H21NO5/c1-11-6-13(18(21)22)9-19(8-11)17(20)14-7-12-4-3-5-15(23-2)16(12)24-10-14/h3-5,7,11,13H,6,8-10H2,1-2H3,(H,21,22). The third kappa shape index (κ3) is 3.09. The second kappa shape index (κ2) is 6.55. The van der Waals surface area contributed by atoms with E-state index in [1.54, 1.807) is 18.1 Å². The molecule has 2 aliphatic heterocycles. The van der Waals surface area contributed by atoms with E-state index in [1.807, 2.05) is 25.1 Å². The van der Waals surface area contributed by atoms with Crippen LogP contribution < -0.4 is 9.47 Å². The minimum atomic E-state index is -0.844. The number of hydrogen-bond donors (Lipinski definition) is 1. The number of carbonyl (C=O) groups excluding carboxylic acids is 1. The first-order chi connectivity index (χ1) is 11.5. The normalized spacial score (nSPS) is 22.9. The molecular weight excluding hydrogens is 310 g/mol. The molecule has 6 nitrogen and oxygen atoms in total. The fraction of sp³-hybridized carbons (Fsp3) is 0.444. The van der Waals surface area contributed by atoms with Crippen molar-refractivity contribution in [3.8, 4) is 11.5 Å². The van der Waals surface area contributed by atoms with Crippen molar-refractivity contribution in [3.05, 3.63) is 29.3 Å². The van der Waals surface area contributed by atoms with Crippen LogP contribution in [0.4, 0.5) is 0 Å². The number of ether oxygens (including phenoxy) is 2. The van der Waals surface area contributed by atoms with Gasteiger partial charge >= 0.3 is 5.97 Å². The average molecular weight is 331 g/mol. The zero-order valence-corrected chi connectivity index (χ0v) is 13.8. The van der Waals surface area contributed by atoms with E-state index in [0.29, 0.717) is 30.0 Å². The van der Waals surface area contributed by atoms with Gasteiger partial charge in [-0.1, -0.05) is 19.1 Å². The minimum absolute atomic E-state index is 0.152. The third-order valence-electron chi connectivity index (χ3n) is 4.50. The minimum Gasteiger partial charge on any atom is -0.493 e. The molecule has 6 heteroatoms. The molecule has 2 atom stereocenters. The van der Waals surface area contributed by atoms with Crippen molar-refractivity contribution in [1.29, 1.82) is 0 Å². The average Bonchev–Trinajstić information content (AvgIpc) is 2.59. The molecule has 3 rings (SSSR count). The molecule has 1 fully saturated rings. The largest absolute Gasteiger partial charge is 0.493 e. The molecule has 1 amide bonds. The van der Waals surface area contributed by atoms with Crippen LogP contribution in [0.2, 0.25) is 0 Å². The Morgan fingerprint density at radius 1 is 1.33 bits per heavy atom. The number of aliphatic carboxylic acids is 1. The number of para-hydroxylation sites is 1. The van der Waals surface area contributed by atoms with Gasteiger partial charge in [-0.25, -0.2) is 0 Å². The van der Waals surface area contributed by atoms with Crippen LogP contribution in [-0.2, 0) is 9.59 Å². The highest BCUT2D eigenvalue weighted by molar-refractivity contribution is 5.99. The lowest BCUT2D eigenvalue weighted by Gasteiger charge is -2.35. The SMILES string of the molecule is COc1cccc2c1OCC(C(=O)N1CC(C)CC(C(=O)O)C1)=C2. The van der Waals surface area contributed by atoms with Gasteiger partial charge in [0.1, 0.15) is 6.61 Å². The summed E-state index contributed by atoms with van der Waals surface area (Å²) in [6.45, 7) is 2.96. The first kappa shape index (κ1) is 16.4. The number of nitrogens with zero attached hydrogens (tertiary/aromatic N) is 1. The van der Waals surface area contributed by atoms with Crippen molar-refractivity contribution in [3.63, 3.8) is 0 Å². The summed E-state index contributed by atoms with van der Waals surface area (Å²) in [5, 5.41) is 9.26. The van der Waals surface area contributed by atoms with Crippen molar-refractivity contribution in [2.75, 3.05) is 26.8 Å². The molecule has 0 radical (unpaired) electrons. The van der Waals surface area contributed by atoms with E-state index in [0.717, 1.165) is 5.56 Å². The fourth-order valence-electron chi connectivity index (χ4n) is 3.36. The van der Waals surface area contributed by atoms with Gasteiger partial charge in [-0.15, -0.1) is 0 Å². The molecule has 24 heavy (non-hydrogen) atoms. The number of hydrogen-bond acceptors (Lipinski definition) is 4. The Bertz CT molecular complexity index is 697. The Hall–Kier alpha value is -2.50. The topological polar surface area (TPSA) is 76.1 Å². The molecule has 2 unspecified atom stereocenters. The van der Waals surface area contributed by atoms with Crippen molar-refractivity contribution in [1.82, 2.24) is 4.90 Å². The molecule has 128 valence electrons. The molecule has 0 bridgehead atoms. The predicted octanol–water partition coefficient (Wildman–Crippen LogP) is 2.04. The molecule has 2 aliphatic rings. The van der Waals surface area contributed by atoms with Crippen molar-refractivity contribution in [2.24, 2.45) is 11.8 Å². The second-order valence-corrected chi connectivity index (χ2v) is 6.42. The third-order valence-corrected chi connectivity index (χ3v) is 4.50. The lowest BCUT2D eigenvalue weighted by molar-refractivity contribution is -0.146. The van der Waals surface area contributed by atoms with Crippen LogP contribution in [0.25, 0.3) is 6.08 Å². The summed E-state index contributed by atoms with van der Waals surface area (Å²) in [7, 11) is 1.57. The quantitative estimate of drug-likeness (QED) is 0.917. The molecular formula is C18H21NO5. The molecule has 1 aromatic carbocycles. The van der Waals surface area contributed by atoms with Crippen LogP contribution in [0, 0.1) is 11.8 Å². The summed E-state index contributed by atoms with van der Waals surface area (Å²) >= 11 is 0. The van der Waals surface area contributed by atoms with E-state index in [9.17, 15) is 14.7 Å². The van der Waals surface area contributed by atoms with Crippen molar-refractivity contribution in [2.45, 2.75) is 13.3 Å². The van der Waals surface area contributed by atoms with Crippen LogP contribution >= 0.6 is 0 Å². The molecule has 1 N–H and O–H groups in total. The van der Waals surface area contributed by atoms with Gasteiger partial charge in [0.15, 0.2) is 11.5 Å². The van der Waals surface area contributed by atoms with Crippen LogP contribution in [0.1, 0.15) is 18.9 Å². The molecule has 0 aromatic heterocycles. The maximum atomic E-state index is 12.8. The number of carbonyl (C=O) groups is 2. The zero-order valence-electron chi connectivity index (χ0n) is 13.8. The monoisotopic (exact) mass is 331 g/mol. The number of methoxy groups -OCH3 is 1. The van der Waals surface area contributed by atoms with E-state index in [4.69, 9.17) is 9.47 Å². The summed E-state index contributed by atoms with van der Waals surface area (Å²) in [5.74, 6) is -0.0687. The summed E-state index contributed by atoms with van der Waals surface area (Å²) in [6, 6.07) is 5.51. The van der Waals surface area contributed by atoms with Gasteiger partial charge in [-0.05, 0) is 24.5 Å². The number of piperidine rings is 1. The molecule has 0 aliphatic carbocycles. The molecule has 0 spiro atoms. The highest BCUT2D eigenvalue weighted by Crippen LogP contribution is 2.36. The van der Waals surface area contributed by atoms with Crippen LogP contribution in [0.5, 0.6) is 11.5 Å². The van der Waals surface area contributed by atoms with Gasteiger partial charge in [0.25, 0.3) is 5.91 Å². The van der Waals surface area contributed by atoms with Crippen molar-refractivity contribution >= 4 is 18.0 Å².